The molecule has 124 valence electrons. The molecule has 0 spiro atoms. The third kappa shape index (κ3) is 5.70. The second-order valence-corrected chi connectivity index (χ2v) is 5.06. The first-order valence-corrected chi connectivity index (χ1v) is 6.58. The molecular formula is C13H16ClF3N2O3. The van der Waals surface area contributed by atoms with Crippen LogP contribution in [0.15, 0.2) is 18.2 Å². The molecule has 0 radical (unpaired) electrons. The number of hydrogen-bond acceptors (Lipinski definition) is 4. The summed E-state index contributed by atoms with van der Waals surface area (Å²) in [5.41, 5.74) is 0.389. The summed E-state index contributed by atoms with van der Waals surface area (Å²) in [5, 5.41) is 11.7. The number of anilines is 1. The average molecular weight is 341 g/mol. The van der Waals surface area contributed by atoms with Gasteiger partial charge in [-0.3, -0.25) is 9.69 Å². The summed E-state index contributed by atoms with van der Waals surface area (Å²) in [6, 6.07) is 4.56. The van der Waals surface area contributed by atoms with Gasteiger partial charge in [0.15, 0.2) is 6.10 Å². The van der Waals surface area contributed by atoms with Gasteiger partial charge in [0, 0.05) is 12.2 Å². The molecule has 2 N–H and O–H groups in total. The molecule has 0 aliphatic carbocycles. The van der Waals surface area contributed by atoms with Crippen molar-refractivity contribution >= 4 is 23.2 Å². The zero-order valence-corrected chi connectivity index (χ0v) is 12.7. The average Bonchev–Trinajstić information content (AvgIpc) is 2.37. The molecule has 1 amide bonds. The van der Waals surface area contributed by atoms with Crippen LogP contribution >= 0.6 is 11.6 Å². The van der Waals surface area contributed by atoms with Gasteiger partial charge in [0.25, 0.3) is 0 Å². The Hall–Kier alpha value is -1.51. The number of nitrogens with one attached hydrogen (secondary N) is 1. The number of aliphatic hydroxyl groups excluding tert-OH is 1. The molecule has 9 heteroatoms. The van der Waals surface area contributed by atoms with E-state index < -0.39 is 24.7 Å². The molecule has 0 saturated heterocycles. The fourth-order valence-electron chi connectivity index (χ4n) is 1.65. The summed E-state index contributed by atoms with van der Waals surface area (Å²) in [7, 11) is 2.75. The molecule has 1 unspecified atom stereocenters. The van der Waals surface area contributed by atoms with Gasteiger partial charge >= 0.3 is 6.18 Å². The Morgan fingerprint density at radius 3 is 2.64 bits per heavy atom. The van der Waals surface area contributed by atoms with Crippen molar-refractivity contribution in [3.05, 3.63) is 23.2 Å². The number of carbonyl (C=O) groups excluding carboxylic acids is 1. The molecule has 0 aromatic heterocycles. The van der Waals surface area contributed by atoms with Gasteiger partial charge in [0.2, 0.25) is 5.91 Å². The number of amides is 1. The third-order valence-electron chi connectivity index (χ3n) is 2.71. The zero-order chi connectivity index (χ0) is 16.9. The minimum Gasteiger partial charge on any atom is -0.495 e. The van der Waals surface area contributed by atoms with E-state index >= 15 is 0 Å². The van der Waals surface area contributed by atoms with Gasteiger partial charge in [0.1, 0.15) is 5.75 Å². The quantitative estimate of drug-likeness (QED) is 0.833. The van der Waals surface area contributed by atoms with Crippen LogP contribution in [0, 0.1) is 0 Å². The highest BCUT2D eigenvalue weighted by Crippen LogP contribution is 2.27. The number of aliphatic hydroxyl groups is 1. The standard InChI is InChI=1S/C13H16ClF3N2O3/c1-19(6-11(20)13(15,16)17)7-12(21)18-8-3-4-10(22-2)9(14)5-8/h3-5,11,20H,6-7H2,1-2H3,(H,18,21). The lowest BCUT2D eigenvalue weighted by Crippen LogP contribution is -2.42. The fourth-order valence-corrected chi connectivity index (χ4v) is 1.91. The second kappa shape index (κ2) is 7.66. The van der Waals surface area contributed by atoms with Gasteiger partial charge in [0.05, 0.1) is 18.7 Å². The van der Waals surface area contributed by atoms with Crippen LogP contribution in [0.3, 0.4) is 0 Å². The van der Waals surface area contributed by atoms with Crippen molar-refractivity contribution in [1.29, 1.82) is 0 Å². The normalized spacial score (nSPS) is 13.1. The number of halogens is 4. The maximum Gasteiger partial charge on any atom is 0.415 e. The highest BCUT2D eigenvalue weighted by Gasteiger charge is 2.38. The minimum absolute atomic E-state index is 0.293. The number of alkyl halides is 3. The number of methoxy groups -OCH3 is 1. The van der Waals surface area contributed by atoms with Crippen molar-refractivity contribution < 1.29 is 27.8 Å². The first-order valence-electron chi connectivity index (χ1n) is 6.20. The summed E-state index contributed by atoms with van der Waals surface area (Å²) in [6.45, 7) is -1.00. The van der Waals surface area contributed by atoms with Crippen LogP contribution in [-0.2, 0) is 4.79 Å². The number of rotatable bonds is 6. The van der Waals surface area contributed by atoms with E-state index in [4.69, 9.17) is 21.4 Å². The lowest BCUT2D eigenvalue weighted by Gasteiger charge is -2.21. The van der Waals surface area contributed by atoms with Gasteiger partial charge in [-0.05, 0) is 25.2 Å². The molecule has 0 heterocycles. The van der Waals surface area contributed by atoms with Gasteiger partial charge in [-0.15, -0.1) is 0 Å². The van der Waals surface area contributed by atoms with Crippen molar-refractivity contribution in [2.45, 2.75) is 12.3 Å². The molecule has 1 aromatic rings. The van der Waals surface area contributed by atoms with E-state index in [9.17, 15) is 18.0 Å². The third-order valence-corrected chi connectivity index (χ3v) is 3.01. The number of benzene rings is 1. The van der Waals surface area contributed by atoms with E-state index in [1.807, 2.05) is 0 Å². The van der Waals surface area contributed by atoms with Crippen molar-refractivity contribution in [3.8, 4) is 5.75 Å². The molecule has 1 aromatic carbocycles. The van der Waals surface area contributed by atoms with E-state index in [1.54, 1.807) is 12.1 Å². The van der Waals surface area contributed by atoms with Crippen LogP contribution in [0.4, 0.5) is 18.9 Å². The van der Waals surface area contributed by atoms with E-state index in [-0.39, 0.29) is 6.54 Å². The first kappa shape index (κ1) is 18.5. The van der Waals surface area contributed by atoms with Gasteiger partial charge in [-0.2, -0.15) is 13.2 Å². The smallest absolute Gasteiger partial charge is 0.415 e. The molecule has 5 nitrogen and oxygen atoms in total. The van der Waals surface area contributed by atoms with Crippen LogP contribution in [0.5, 0.6) is 5.75 Å². The maximum absolute atomic E-state index is 12.2. The number of nitrogens with zero attached hydrogens (tertiary/aromatic N) is 1. The lowest BCUT2D eigenvalue weighted by atomic mass is 10.3. The Kier molecular flexibility index (Phi) is 6.46. The molecule has 1 rings (SSSR count). The molecule has 0 bridgehead atoms. The van der Waals surface area contributed by atoms with E-state index in [2.05, 4.69) is 5.32 Å². The Morgan fingerprint density at radius 2 is 2.14 bits per heavy atom. The van der Waals surface area contributed by atoms with E-state index in [0.29, 0.717) is 16.5 Å². The van der Waals surface area contributed by atoms with Crippen molar-refractivity contribution in [2.75, 3.05) is 32.6 Å². The number of carbonyl (C=O) groups is 1. The monoisotopic (exact) mass is 340 g/mol. The minimum atomic E-state index is -4.71. The predicted molar refractivity (Wildman–Crippen MR) is 76.2 cm³/mol. The highest BCUT2D eigenvalue weighted by atomic mass is 35.5. The van der Waals surface area contributed by atoms with Crippen LogP contribution in [0.25, 0.3) is 0 Å². The summed E-state index contributed by atoms with van der Waals surface area (Å²) in [6.07, 6.45) is -7.21. The zero-order valence-electron chi connectivity index (χ0n) is 11.9. The highest BCUT2D eigenvalue weighted by molar-refractivity contribution is 6.32. The Bertz CT molecular complexity index is 526. The summed E-state index contributed by atoms with van der Waals surface area (Å²) >= 11 is 5.89. The fraction of sp³-hybridized carbons (Fsp3) is 0.462. The van der Waals surface area contributed by atoms with Gasteiger partial charge in [-0.25, -0.2) is 0 Å². The van der Waals surface area contributed by atoms with Crippen LogP contribution in [-0.4, -0.2) is 55.4 Å². The SMILES string of the molecule is COc1ccc(NC(=O)CN(C)CC(O)C(F)(F)F)cc1Cl. The number of ether oxygens (including phenoxy) is 1. The predicted octanol–water partition coefficient (Wildman–Crippen LogP) is 2.14. The van der Waals surface area contributed by atoms with Crippen LogP contribution in [0.1, 0.15) is 0 Å². The second-order valence-electron chi connectivity index (χ2n) is 4.65. The number of hydrogen-bond donors (Lipinski definition) is 2. The Labute approximate surface area is 130 Å². The largest absolute Gasteiger partial charge is 0.495 e. The summed E-state index contributed by atoms with van der Waals surface area (Å²) in [5.74, 6) is -0.0943. The van der Waals surface area contributed by atoms with Gasteiger partial charge < -0.3 is 15.2 Å². The van der Waals surface area contributed by atoms with Crippen LogP contribution < -0.4 is 10.1 Å². The molecule has 0 aliphatic rings. The maximum atomic E-state index is 12.2. The topological polar surface area (TPSA) is 61.8 Å². The Morgan fingerprint density at radius 1 is 1.50 bits per heavy atom. The molecule has 0 aliphatic heterocycles. The van der Waals surface area contributed by atoms with E-state index in [0.717, 1.165) is 4.90 Å². The summed E-state index contributed by atoms with van der Waals surface area (Å²) in [4.78, 5) is 12.8. The molecular weight excluding hydrogens is 325 g/mol. The van der Waals surface area contributed by atoms with E-state index in [1.165, 1.54) is 20.2 Å². The van der Waals surface area contributed by atoms with Crippen molar-refractivity contribution in [1.82, 2.24) is 4.90 Å². The van der Waals surface area contributed by atoms with Crippen molar-refractivity contribution in [2.24, 2.45) is 0 Å². The number of likely N-dealkylation sites (N-methyl/N-ethyl adjacent to an activating group) is 1. The lowest BCUT2D eigenvalue weighted by molar-refractivity contribution is -0.207. The van der Waals surface area contributed by atoms with Crippen LogP contribution in [0.2, 0.25) is 5.02 Å². The molecule has 0 fully saturated rings. The molecule has 22 heavy (non-hydrogen) atoms. The first-order chi connectivity index (χ1) is 10.1. The molecule has 1 atom stereocenters. The molecule has 0 saturated carbocycles. The Balaban J connectivity index is 2.54. The van der Waals surface area contributed by atoms with Crippen molar-refractivity contribution in [3.63, 3.8) is 0 Å². The summed E-state index contributed by atoms with van der Waals surface area (Å²) < 4.78 is 41.6. The van der Waals surface area contributed by atoms with Gasteiger partial charge in [-0.1, -0.05) is 11.6 Å².